The van der Waals surface area contributed by atoms with E-state index in [1.54, 1.807) is 0 Å². The molecule has 0 aliphatic carbocycles. The third-order valence-electron chi connectivity index (χ3n) is 2.51. The number of anilines is 2. The Morgan fingerprint density at radius 2 is 2.10 bits per heavy atom. The molecule has 1 aromatic carbocycles. The van der Waals surface area contributed by atoms with Crippen LogP contribution in [0.3, 0.4) is 0 Å². The highest BCUT2D eigenvalue weighted by atomic mass is 35.5. The number of carbonyl (C=O) groups is 1. The molecule has 1 rings (SSSR count). The summed E-state index contributed by atoms with van der Waals surface area (Å²) in [4.78, 5) is 11.7. The molecule has 1 aromatic rings. The van der Waals surface area contributed by atoms with E-state index >= 15 is 0 Å². The maximum absolute atomic E-state index is 11.7. The molecule has 0 saturated heterocycles. The van der Waals surface area contributed by atoms with Gasteiger partial charge in [0.15, 0.2) is 0 Å². The molecule has 0 bridgehead atoms. The zero-order chi connectivity index (χ0) is 15.3. The van der Waals surface area contributed by atoms with Crippen molar-refractivity contribution in [2.45, 2.75) is 6.42 Å². The summed E-state index contributed by atoms with van der Waals surface area (Å²) in [6, 6.07) is 2.96. The standard InChI is InChI=1S/C12H17ClN2O4S/c1-19-12(16)9-6-8(14)7-10(13)11(9)15-4-3-5-20(2,17)18/h6-7,15H,3-5,14H2,1-2H3. The number of nitrogens with one attached hydrogen (secondary N) is 1. The van der Waals surface area contributed by atoms with E-state index in [0.717, 1.165) is 0 Å². The molecule has 3 N–H and O–H groups in total. The van der Waals surface area contributed by atoms with Crippen molar-refractivity contribution < 1.29 is 17.9 Å². The fraction of sp³-hybridized carbons (Fsp3) is 0.417. The highest BCUT2D eigenvalue weighted by molar-refractivity contribution is 7.90. The van der Waals surface area contributed by atoms with Crippen LogP contribution in [0.1, 0.15) is 16.8 Å². The summed E-state index contributed by atoms with van der Waals surface area (Å²) in [7, 11) is -1.75. The fourth-order valence-corrected chi connectivity index (χ4v) is 2.59. The molecule has 0 heterocycles. The number of halogens is 1. The molecule has 0 fully saturated rings. The SMILES string of the molecule is COC(=O)c1cc(N)cc(Cl)c1NCCCS(C)(=O)=O. The van der Waals surface area contributed by atoms with Gasteiger partial charge in [-0.2, -0.15) is 0 Å². The van der Waals surface area contributed by atoms with Crippen LogP contribution in [0, 0.1) is 0 Å². The Balaban J connectivity index is 2.85. The molecule has 0 unspecified atom stereocenters. The Labute approximate surface area is 123 Å². The smallest absolute Gasteiger partial charge is 0.340 e. The second-order valence-electron chi connectivity index (χ2n) is 4.33. The number of nitrogen functional groups attached to an aromatic ring is 1. The lowest BCUT2D eigenvalue weighted by Gasteiger charge is -2.13. The first-order valence-electron chi connectivity index (χ1n) is 5.83. The van der Waals surface area contributed by atoms with Crippen LogP contribution in [-0.4, -0.2) is 40.1 Å². The molecular formula is C12H17ClN2O4S. The van der Waals surface area contributed by atoms with E-state index in [0.29, 0.717) is 24.3 Å². The van der Waals surface area contributed by atoms with Gasteiger partial charge in [-0.15, -0.1) is 0 Å². The van der Waals surface area contributed by atoms with Crippen molar-refractivity contribution >= 4 is 38.8 Å². The maximum atomic E-state index is 11.7. The van der Waals surface area contributed by atoms with Crippen LogP contribution in [0.4, 0.5) is 11.4 Å². The van der Waals surface area contributed by atoms with Crippen molar-refractivity contribution in [3.8, 4) is 0 Å². The van der Waals surface area contributed by atoms with Gasteiger partial charge in [-0.3, -0.25) is 0 Å². The average molecular weight is 321 g/mol. The normalized spacial score (nSPS) is 11.2. The summed E-state index contributed by atoms with van der Waals surface area (Å²) in [6.45, 7) is 0.362. The average Bonchev–Trinajstić information content (AvgIpc) is 2.33. The summed E-state index contributed by atoms with van der Waals surface area (Å²) in [6.07, 6.45) is 1.57. The Hall–Kier alpha value is -1.47. The van der Waals surface area contributed by atoms with Crippen molar-refractivity contribution in [1.29, 1.82) is 0 Å². The number of hydrogen-bond acceptors (Lipinski definition) is 6. The van der Waals surface area contributed by atoms with Crippen molar-refractivity contribution in [2.24, 2.45) is 0 Å². The minimum atomic E-state index is -3.01. The van der Waals surface area contributed by atoms with Crippen LogP contribution in [0.2, 0.25) is 5.02 Å². The van der Waals surface area contributed by atoms with E-state index in [2.05, 4.69) is 10.1 Å². The lowest BCUT2D eigenvalue weighted by atomic mass is 10.1. The number of nitrogens with two attached hydrogens (primary N) is 1. The van der Waals surface area contributed by atoms with Crippen molar-refractivity contribution in [2.75, 3.05) is 36.7 Å². The molecule has 0 amide bonds. The summed E-state index contributed by atoms with van der Waals surface area (Å²) in [5.74, 6) is -0.509. The molecule has 0 atom stereocenters. The minimum Gasteiger partial charge on any atom is -0.465 e. The van der Waals surface area contributed by atoms with E-state index < -0.39 is 15.8 Å². The monoisotopic (exact) mass is 320 g/mol. The lowest BCUT2D eigenvalue weighted by Crippen LogP contribution is -2.13. The van der Waals surface area contributed by atoms with Gasteiger partial charge in [0.05, 0.1) is 29.1 Å². The van der Waals surface area contributed by atoms with Crippen LogP contribution in [-0.2, 0) is 14.6 Å². The van der Waals surface area contributed by atoms with E-state index in [-0.39, 0.29) is 16.3 Å². The van der Waals surface area contributed by atoms with Gasteiger partial charge in [0.25, 0.3) is 0 Å². The molecule has 112 valence electrons. The number of ether oxygens (including phenoxy) is 1. The van der Waals surface area contributed by atoms with Gasteiger partial charge in [-0.05, 0) is 18.6 Å². The van der Waals surface area contributed by atoms with Gasteiger partial charge in [0, 0.05) is 18.5 Å². The predicted molar refractivity (Wildman–Crippen MR) is 80.0 cm³/mol. The summed E-state index contributed by atoms with van der Waals surface area (Å²) < 4.78 is 26.7. The molecule has 0 spiro atoms. The van der Waals surface area contributed by atoms with Gasteiger partial charge >= 0.3 is 5.97 Å². The third-order valence-corrected chi connectivity index (χ3v) is 3.84. The number of benzene rings is 1. The highest BCUT2D eigenvalue weighted by Gasteiger charge is 2.16. The first-order chi connectivity index (χ1) is 9.24. The van der Waals surface area contributed by atoms with Gasteiger partial charge in [-0.25, -0.2) is 13.2 Å². The summed E-state index contributed by atoms with van der Waals surface area (Å²) >= 11 is 6.04. The van der Waals surface area contributed by atoms with E-state index in [1.165, 1.54) is 25.5 Å². The topological polar surface area (TPSA) is 98.5 Å². The molecule has 0 aliphatic rings. The van der Waals surface area contributed by atoms with E-state index in [1.807, 2.05) is 0 Å². The van der Waals surface area contributed by atoms with Crippen molar-refractivity contribution in [3.63, 3.8) is 0 Å². The van der Waals surface area contributed by atoms with Crippen molar-refractivity contribution in [1.82, 2.24) is 0 Å². The number of methoxy groups -OCH3 is 1. The third kappa shape index (κ3) is 4.90. The Morgan fingerprint density at radius 1 is 1.45 bits per heavy atom. The van der Waals surface area contributed by atoms with E-state index in [9.17, 15) is 13.2 Å². The van der Waals surface area contributed by atoms with E-state index in [4.69, 9.17) is 17.3 Å². The molecule has 20 heavy (non-hydrogen) atoms. The number of carbonyl (C=O) groups excluding carboxylic acids is 1. The first kappa shape index (κ1) is 16.6. The zero-order valence-corrected chi connectivity index (χ0v) is 12.8. The second kappa shape index (κ2) is 6.81. The fourth-order valence-electron chi connectivity index (χ4n) is 1.63. The Bertz CT molecular complexity index is 602. The number of hydrogen-bond donors (Lipinski definition) is 2. The largest absolute Gasteiger partial charge is 0.465 e. The van der Waals surface area contributed by atoms with Gasteiger partial charge in [0.2, 0.25) is 0 Å². The van der Waals surface area contributed by atoms with Crippen LogP contribution >= 0.6 is 11.6 Å². The molecule has 0 radical (unpaired) electrons. The lowest BCUT2D eigenvalue weighted by molar-refractivity contribution is 0.0602. The van der Waals surface area contributed by atoms with Crippen molar-refractivity contribution in [3.05, 3.63) is 22.7 Å². The van der Waals surface area contributed by atoms with Gasteiger partial charge in [0.1, 0.15) is 9.84 Å². The number of esters is 1. The van der Waals surface area contributed by atoms with Gasteiger partial charge < -0.3 is 15.8 Å². The Morgan fingerprint density at radius 3 is 2.65 bits per heavy atom. The molecule has 0 aliphatic heterocycles. The summed E-state index contributed by atoms with van der Waals surface area (Å²) in [5.41, 5.74) is 6.59. The number of sulfone groups is 1. The molecule has 8 heteroatoms. The highest BCUT2D eigenvalue weighted by Crippen LogP contribution is 2.29. The quantitative estimate of drug-likeness (QED) is 0.469. The predicted octanol–water partition coefficient (Wildman–Crippen LogP) is 1.56. The van der Waals surface area contributed by atoms with Crippen LogP contribution in [0.5, 0.6) is 0 Å². The maximum Gasteiger partial charge on any atom is 0.340 e. The van der Waals surface area contributed by atoms with Crippen LogP contribution in [0.15, 0.2) is 12.1 Å². The summed E-state index contributed by atoms with van der Waals surface area (Å²) in [5, 5.41) is 3.23. The molecule has 0 aromatic heterocycles. The van der Waals surface area contributed by atoms with Gasteiger partial charge in [-0.1, -0.05) is 11.6 Å². The molecular weight excluding hydrogens is 304 g/mol. The zero-order valence-electron chi connectivity index (χ0n) is 11.3. The van der Waals surface area contributed by atoms with Crippen LogP contribution in [0.25, 0.3) is 0 Å². The minimum absolute atomic E-state index is 0.0557. The first-order valence-corrected chi connectivity index (χ1v) is 8.27. The van der Waals surface area contributed by atoms with Crippen LogP contribution < -0.4 is 11.1 Å². The second-order valence-corrected chi connectivity index (χ2v) is 6.99. The molecule has 0 saturated carbocycles. The molecule has 6 nitrogen and oxygen atoms in total. The Kier molecular flexibility index (Phi) is 5.64. The number of rotatable bonds is 6.